The zero-order valence-electron chi connectivity index (χ0n) is 17.5. The number of benzene rings is 2. The first-order valence-corrected chi connectivity index (χ1v) is 9.87. The Labute approximate surface area is 175 Å². The van der Waals surface area contributed by atoms with Gasteiger partial charge in [0.05, 0.1) is 12.0 Å². The zero-order valence-corrected chi connectivity index (χ0v) is 17.5. The van der Waals surface area contributed by atoms with Crippen molar-refractivity contribution >= 4 is 12.2 Å². The molecule has 0 bridgehead atoms. The first-order chi connectivity index (χ1) is 14.4. The largest absolute Gasteiger partial charge is 0.314 e. The Bertz CT molecular complexity index is 1200. The second-order valence-electron chi connectivity index (χ2n) is 7.55. The van der Waals surface area contributed by atoms with Gasteiger partial charge in [-0.1, -0.05) is 31.2 Å². The maximum Gasteiger partial charge on any atom is 0.156 e. The van der Waals surface area contributed by atoms with Crippen molar-refractivity contribution in [3.05, 3.63) is 94.8 Å². The van der Waals surface area contributed by atoms with E-state index in [1.807, 2.05) is 54.7 Å². The molecule has 0 spiro atoms. The van der Waals surface area contributed by atoms with E-state index >= 15 is 0 Å². The summed E-state index contributed by atoms with van der Waals surface area (Å²) in [5.41, 5.74) is 5.36. The Hall–Kier alpha value is -3.54. The van der Waals surface area contributed by atoms with E-state index in [9.17, 15) is 4.39 Å². The molecule has 0 unspecified atom stereocenters. The fourth-order valence-corrected chi connectivity index (χ4v) is 3.57. The summed E-state index contributed by atoms with van der Waals surface area (Å²) in [6.45, 7) is 6.12. The van der Waals surface area contributed by atoms with E-state index in [-0.39, 0.29) is 11.7 Å². The van der Waals surface area contributed by atoms with Crippen molar-refractivity contribution < 1.29 is 4.39 Å². The minimum absolute atomic E-state index is 0.0189. The van der Waals surface area contributed by atoms with Gasteiger partial charge in [0, 0.05) is 24.8 Å². The molecule has 2 aromatic carbocycles. The quantitative estimate of drug-likeness (QED) is 0.469. The summed E-state index contributed by atoms with van der Waals surface area (Å²) < 4.78 is 17.2. The van der Waals surface area contributed by atoms with Gasteiger partial charge in [-0.15, -0.1) is 10.2 Å². The van der Waals surface area contributed by atoms with Crippen molar-refractivity contribution in [1.82, 2.24) is 24.3 Å². The highest BCUT2D eigenvalue weighted by molar-refractivity contribution is 5.68. The van der Waals surface area contributed by atoms with Gasteiger partial charge < -0.3 is 9.13 Å². The topological polar surface area (TPSA) is 48.5 Å². The van der Waals surface area contributed by atoms with Crippen LogP contribution in [0.25, 0.3) is 17.8 Å². The van der Waals surface area contributed by atoms with Gasteiger partial charge in [-0.2, -0.15) is 0 Å². The summed E-state index contributed by atoms with van der Waals surface area (Å²) in [5, 5.41) is 8.68. The number of rotatable bonds is 5. The van der Waals surface area contributed by atoms with Crippen molar-refractivity contribution in [2.45, 2.75) is 26.7 Å². The summed E-state index contributed by atoms with van der Waals surface area (Å²) in [6.07, 6.45) is 7.84. The molecule has 6 heteroatoms. The molecule has 0 aliphatic heterocycles. The second-order valence-corrected chi connectivity index (χ2v) is 7.55. The number of aromatic nitrogens is 5. The molecule has 5 nitrogen and oxygen atoms in total. The molecule has 0 saturated carbocycles. The van der Waals surface area contributed by atoms with Gasteiger partial charge in [0.2, 0.25) is 0 Å². The van der Waals surface area contributed by atoms with Crippen LogP contribution in [-0.4, -0.2) is 24.3 Å². The van der Waals surface area contributed by atoms with Crippen LogP contribution in [0.2, 0.25) is 0 Å². The van der Waals surface area contributed by atoms with Crippen LogP contribution in [0.15, 0.2) is 55.0 Å². The smallest absolute Gasteiger partial charge is 0.156 e. The Morgan fingerprint density at radius 1 is 1.00 bits per heavy atom. The lowest BCUT2D eigenvalue weighted by Crippen LogP contribution is -2.05. The minimum atomic E-state index is -0.239. The standard InChI is InChI=1S/C24H24FN5/c1-16-13-19(5-11-22(16)30-14-17(2)26-15-30)6-12-23-27-28-24(29(23)4)18(3)20-7-9-21(25)10-8-20/h5-15,18H,1-4H3/b12-6+/t18-/m0/s1. The van der Waals surface area contributed by atoms with E-state index in [0.29, 0.717) is 0 Å². The highest BCUT2D eigenvalue weighted by Crippen LogP contribution is 2.23. The van der Waals surface area contributed by atoms with Gasteiger partial charge in [-0.05, 0) is 60.9 Å². The van der Waals surface area contributed by atoms with E-state index in [1.54, 1.807) is 12.1 Å². The number of nitrogens with zero attached hydrogens (tertiary/aromatic N) is 5. The molecule has 30 heavy (non-hydrogen) atoms. The first-order valence-electron chi connectivity index (χ1n) is 9.87. The first kappa shape index (κ1) is 19.8. The highest BCUT2D eigenvalue weighted by Gasteiger charge is 2.16. The monoisotopic (exact) mass is 401 g/mol. The van der Waals surface area contributed by atoms with Crippen LogP contribution in [-0.2, 0) is 7.05 Å². The van der Waals surface area contributed by atoms with Gasteiger partial charge in [0.15, 0.2) is 5.82 Å². The average Bonchev–Trinajstić information content (AvgIpc) is 3.32. The van der Waals surface area contributed by atoms with Crippen LogP contribution in [0.5, 0.6) is 0 Å². The second kappa shape index (κ2) is 8.06. The highest BCUT2D eigenvalue weighted by atomic mass is 19.1. The van der Waals surface area contributed by atoms with Crippen LogP contribution < -0.4 is 0 Å². The van der Waals surface area contributed by atoms with Gasteiger partial charge in [0.25, 0.3) is 0 Å². The number of imidazole rings is 1. The van der Waals surface area contributed by atoms with Gasteiger partial charge in [0.1, 0.15) is 11.6 Å². The molecule has 0 radical (unpaired) electrons. The molecule has 0 amide bonds. The lowest BCUT2D eigenvalue weighted by Gasteiger charge is -2.11. The van der Waals surface area contributed by atoms with Crippen molar-refractivity contribution in [3.63, 3.8) is 0 Å². The van der Waals surface area contributed by atoms with Gasteiger partial charge >= 0.3 is 0 Å². The molecule has 4 rings (SSSR count). The molecule has 0 fully saturated rings. The summed E-state index contributed by atoms with van der Waals surface area (Å²) in [7, 11) is 1.95. The van der Waals surface area contributed by atoms with Crippen molar-refractivity contribution in [2.24, 2.45) is 7.05 Å². The third-order valence-corrected chi connectivity index (χ3v) is 5.34. The number of hydrogen-bond acceptors (Lipinski definition) is 3. The Balaban J connectivity index is 1.55. The zero-order chi connectivity index (χ0) is 21.3. The molecule has 0 aliphatic rings. The van der Waals surface area contributed by atoms with E-state index in [4.69, 9.17) is 0 Å². The lowest BCUT2D eigenvalue weighted by molar-refractivity contribution is 0.625. The Morgan fingerprint density at radius 2 is 1.77 bits per heavy atom. The predicted molar refractivity (Wildman–Crippen MR) is 117 cm³/mol. The molecular formula is C24H24FN5. The molecular weight excluding hydrogens is 377 g/mol. The van der Waals surface area contributed by atoms with Crippen molar-refractivity contribution in [3.8, 4) is 5.69 Å². The van der Waals surface area contributed by atoms with Crippen LogP contribution in [0.1, 0.15) is 46.9 Å². The molecule has 0 saturated heterocycles. The summed E-state index contributed by atoms with van der Waals surface area (Å²) in [6, 6.07) is 12.8. The molecule has 4 aromatic rings. The van der Waals surface area contributed by atoms with E-state index in [0.717, 1.165) is 39.7 Å². The number of hydrogen-bond donors (Lipinski definition) is 0. The molecule has 1 atom stereocenters. The summed E-state index contributed by atoms with van der Waals surface area (Å²) >= 11 is 0. The number of aryl methyl sites for hydroxylation is 2. The SMILES string of the molecule is Cc1cn(-c2ccc(/C=C/c3nnc([C@@H](C)c4ccc(F)cc4)n3C)cc2C)cn1. The number of halogens is 1. The third-order valence-electron chi connectivity index (χ3n) is 5.34. The summed E-state index contributed by atoms with van der Waals surface area (Å²) in [5.74, 6) is 1.39. The Kier molecular flexibility index (Phi) is 5.31. The maximum atomic E-state index is 13.2. The molecule has 2 heterocycles. The van der Waals surface area contributed by atoms with Crippen LogP contribution in [0.4, 0.5) is 4.39 Å². The molecule has 0 N–H and O–H groups in total. The molecule has 0 aliphatic carbocycles. The van der Waals surface area contributed by atoms with Crippen LogP contribution in [0, 0.1) is 19.7 Å². The van der Waals surface area contributed by atoms with E-state index < -0.39 is 0 Å². The average molecular weight is 401 g/mol. The summed E-state index contributed by atoms with van der Waals surface area (Å²) in [4.78, 5) is 4.30. The Morgan fingerprint density at radius 3 is 2.43 bits per heavy atom. The normalized spacial score (nSPS) is 12.6. The fourth-order valence-electron chi connectivity index (χ4n) is 3.57. The van der Waals surface area contributed by atoms with Gasteiger partial charge in [-0.3, -0.25) is 0 Å². The van der Waals surface area contributed by atoms with Gasteiger partial charge in [-0.25, -0.2) is 9.37 Å². The lowest BCUT2D eigenvalue weighted by atomic mass is 10.0. The van der Waals surface area contributed by atoms with E-state index in [2.05, 4.69) is 40.3 Å². The third kappa shape index (κ3) is 3.94. The van der Waals surface area contributed by atoms with E-state index in [1.165, 1.54) is 12.1 Å². The van der Waals surface area contributed by atoms with Crippen LogP contribution in [0.3, 0.4) is 0 Å². The van der Waals surface area contributed by atoms with Crippen molar-refractivity contribution in [1.29, 1.82) is 0 Å². The molecule has 2 aromatic heterocycles. The fraction of sp³-hybridized carbons (Fsp3) is 0.208. The maximum absolute atomic E-state index is 13.2. The van der Waals surface area contributed by atoms with Crippen LogP contribution >= 0.6 is 0 Å². The predicted octanol–water partition coefficient (Wildman–Crippen LogP) is 5.08. The molecule has 152 valence electrons. The minimum Gasteiger partial charge on any atom is -0.314 e. The van der Waals surface area contributed by atoms with Crippen molar-refractivity contribution in [2.75, 3.05) is 0 Å².